The van der Waals surface area contributed by atoms with Gasteiger partial charge in [-0.15, -0.1) is 11.3 Å². The van der Waals surface area contributed by atoms with E-state index in [4.69, 9.17) is 5.10 Å². The normalized spacial score (nSPS) is 15.6. The second-order valence-electron chi connectivity index (χ2n) is 6.77. The Hall–Kier alpha value is -2.67. The zero-order valence-corrected chi connectivity index (χ0v) is 17.5. The average Bonchev–Trinajstić information content (AvgIpc) is 3.50. The van der Waals surface area contributed by atoms with E-state index in [1.165, 1.54) is 18.4 Å². The Morgan fingerprint density at radius 3 is 2.46 bits per heavy atom. The van der Waals surface area contributed by atoms with Crippen LogP contribution in [0.15, 0.2) is 37.3 Å². The number of pyridine rings is 1. The number of aromatic nitrogens is 4. The van der Waals surface area contributed by atoms with E-state index in [0.29, 0.717) is 0 Å². The van der Waals surface area contributed by atoms with Gasteiger partial charge in [-0.3, -0.25) is 0 Å². The van der Waals surface area contributed by atoms with Crippen LogP contribution in [0, 0.1) is 6.92 Å². The molecule has 5 heterocycles. The molecule has 0 N–H and O–H groups in total. The van der Waals surface area contributed by atoms with E-state index in [9.17, 15) is 0 Å². The zero-order valence-electron chi connectivity index (χ0n) is 16.7. The van der Waals surface area contributed by atoms with E-state index in [1.54, 1.807) is 11.3 Å². The van der Waals surface area contributed by atoms with Gasteiger partial charge in [-0.05, 0) is 31.9 Å². The van der Waals surface area contributed by atoms with Crippen molar-refractivity contribution in [2.24, 2.45) is 0 Å². The third-order valence-electron chi connectivity index (χ3n) is 5.02. The van der Waals surface area contributed by atoms with Crippen LogP contribution in [0.3, 0.4) is 0 Å². The van der Waals surface area contributed by atoms with Crippen LogP contribution in [0.4, 0.5) is 10.8 Å². The van der Waals surface area contributed by atoms with Crippen molar-refractivity contribution < 1.29 is 0 Å². The lowest BCUT2D eigenvalue weighted by atomic mass is 10.3. The average molecular weight is 395 g/mol. The van der Waals surface area contributed by atoms with Gasteiger partial charge >= 0.3 is 0 Å². The molecule has 3 aromatic rings. The highest BCUT2D eigenvalue weighted by molar-refractivity contribution is 7.15. The van der Waals surface area contributed by atoms with Gasteiger partial charge in [0.1, 0.15) is 16.5 Å². The lowest BCUT2D eigenvalue weighted by molar-refractivity contribution is 0.854. The smallest absolute Gasteiger partial charge is 0.128 e. The fourth-order valence-corrected chi connectivity index (χ4v) is 4.43. The summed E-state index contributed by atoms with van der Waals surface area (Å²) in [6, 6.07) is 4.19. The molecule has 5 rings (SSSR count). The second-order valence-corrected chi connectivity index (χ2v) is 7.98. The molecule has 28 heavy (non-hydrogen) atoms. The van der Waals surface area contributed by atoms with Crippen molar-refractivity contribution in [1.29, 1.82) is 0 Å². The van der Waals surface area contributed by atoms with Crippen molar-refractivity contribution in [3.05, 3.63) is 53.6 Å². The van der Waals surface area contributed by atoms with Gasteiger partial charge < -0.3 is 9.80 Å². The standard InChI is InChI=1S/C19H20N6S.C2H6/c1-13-19-15(11-24(13)18-10-20-14(2)26-18)12-25(22-19)16-5-6-17(21-9-16)23-7-3-4-8-23;1-2/h5-6,9-10,12H,1,3-4,7-8,11H2,2H3;1-2H3. The highest BCUT2D eigenvalue weighted by atomic mass is 32.1. The van der Waals surface area contributed by atoms with Crippen LogP contribution in [0.2, 0.25) is 0 Å². The van der Waals surface area contributed by atoms with Gasteiger partial charge in [-0.25, -0.2) is 14.6 Å². The number of nitrogens with zero attached hydrogens (tertiary/aromatic N) is 6. The number of rotatable bonds is 3. The molecule has 0 unspecified atom stereocenters. The second kappa shape index (κ2) is 7.75. The first-order valence-corrected chi connectivity index (χ1v) is 10.7. The monoisotopic (exact) mass is 394 g/mol. The number of fused-ring (bicyclic) bond motifs is 1. The molecule has 1 fully saturated rings. The zero-order chi connectivity index (χ0) is 19.7. The van der Waals surface area contributed by atoms with Crippen molar-refractivity contribution in [2.45, 2.75) is 40.2 Å². The number of hydrogen-bond acceptors (Lipinski definition) is 6. The Bertz CT molecular complexity index is 965. The highest BCUT2D eigenvalue weighted by Gasteiger charge is 2.28. The maximum Gasteiger partial charge on any atom is 0.128 e. The number of anilines is 2. The minimum atomic E-state index is 0.787. The van der Waals surface area contributed by atoms with E-state index in [2.05, 4.69) is 44.7 Å². The van der Waals surface area contributed by atoms with Crippen molar-refractivity contribution in [1.82, 2.24) is 19.7 Å². The molecule has 146 valence electrons. The van der Waals surface area contributed by atoms with Crippen LogP contribution in [0.1, 0.15) is 43.0 Å². The largest absolute Gasteiger partial charge is 0.357 e. The lowest BCUT2D eigenvalue weighted by Gasteiger charge is -2.17. The Kier molecular flexibility index (Phi) is 5.17. The molecule has 0 radical (unpaired) electrons. The quantitative estimate of drug-likeness (QED) is 0.647. The van der Waals surface area contributed by atoms with Gasteiger partial charge in [0.05, 0.1) is 35.3 Å². The minimum Gasteiger partial charge on any atom is -0.357 e. The predicted octanol–water partition coefficient (Wildman–Crippen LogP) is 4.65. The summed E-state index contributed by atoms with van der Waals surface area (Å²) in [5, 5.41) is 6.94. The highest BCUT2D eigenvalue weighted by Crippen LogP contribution is 2.37. The van der Waals surface area contributed by atoms with E-state index in [-0.39, 0.29) is 0 Å². The van der Waals surface area contributed by atoms with E-state index < -0.39 is 0 Å². The molecule has 1 saturated heterocycles. The van der Waals surface area contributed by atoms with Crippen LogP contribution < -0.4 is 9.80 Å². The minimum absolute atomic E-state index is 0.787. The summed E-state index contributed by atoms with van der Waals surface area (Å²) in [5.41, 5.74) is 4.06. The maximum absolute atomic E-state index is 4.76. The summed E-state index contributed by atoms with van der Waals surface area (Å²) >= 11 is 1.68. The fourth-order valence-electron chi connectivity index (χ4n) is 3.63. The first kappa shape index (κ1) is 18.7. The maximum atomic E-state index is 4.76. The molecule has 0 spiro atoms. The molecule has 0 aliphatic carbocycles. The molecule has 7 heteroatoms. The van der Waals surface area contributed by atoms with Gasteiger partial charge in [0.2, 0.25) is 0 Å². The molecular weight excluding hydrogens is 368 g/mol. The predicted molar refractivity (Wildman–Crippen MR) is 116 cm³/mol. The van der Waals surface area contributed by atoms with Crippen LogP contribution >= 0.6 is 11.3 Å². The van der Waals surface area contributed by atoms with Gasteiger partial charge in [0, 0.05) is 24.8 Å². The molecule has 3 aromatic heterocycles. The van der Waals surface area contributed by atoms with Crippen molar-refractivity contribution in [2.75, 3.05) is 22.9 Å². The molecule has 0 atom stereocenters. The van der Waals surface area contributed by atoms with Crippen molar-refractivity contribution >= 4 is 27.9 Å². The summed E-state index contributed by atoms with van der Waals surface area (Å²) in [4.78, 5) is 13.5. The molecule has 0 amide bonds. The molecule has 0 bridgehead atoms. The molecular formula is C21H26N6S. The van der Waals surface area contributed by atoms with Gasteiger partial charge in [0.15, 0.2) is 0 Å². The van der Waals surface area contributed by atoms with E-state index in [1.807, 2.05) is 37.8 Å². The molecule has 0 saturated carbocycles. The number of thiazole rings is 1. The van der Waals surface area contributed by atoms with Gasteiger partial charge in [-0.2, -0.15) is 5.10 Å². The molecule has 0 aromatic carbocycles. The van der Waals surface area contributed by atoms with Gasteiger partial charge in [0.25, 0.3) is 0 Å². The lowest BCUT2D eigenvalue weighted by Crippen LogP contribution is -2.18. The number of hydrogen-bond donors (Lipinski definition) is 0. The van der Waals surface area contributed by atoms with Crippen LogP contribution in [0.5, 0.6) is 0 Å². The van der Waals surface area contributed by atoms with Crippen LogP contribution in [-0.2, 0) is 6.54 Å². The summed E-state index contributed by atoms with van der Waals surface area (Å²) in [6.45, 7) is 13.3. The summed E-state index contributed by atoms with van der Waals surface area (Å²) < 4.78 is 1.91. The molecule has 2 aliphatic heterocycles. The summed E-state index contributed by atoms with van der Waals surface area (Å²) in [5.74, 6) is 1.06. The first-order valence-electron chi connectivity index (χ1n) is 9.88. The third-order valence-corrected chi connectivity index (χ3v) is 5.96. The first-order chi connectivity index (χ1) is 13.7. The Morgan fingerprint density at radius 2 is 1.86 bits per heavy atom. The topological polar surface area (TPSA) is 50.1 Å². The Balaban J connectivity index is 0.000000932. The fraction of sp³-hybridized carbons (Fsp3) is 0.381. The van der Waals surface area contributed by atoms with E-state index in [0.717, 1.165) is 52.5 Å². The Labute approximate surface area is 170 Å². The molecule has 2 aliphatic rings. The Morgan fingerprint density at radius 1 is 1.07 bits per heavy atom. The van der Waals surface area contributed by atoms with Crippen LogP contribution in [0.25, 0.3) is 11.4 Å². The molecule has 6 nitrogen and oxygen atoms in total. The van der Waals surface area contributed by atoms with E-state index >= 15 is 0 Å². The number of aryl methyl sites for hydroxylation is 1. The third kappa shape index (κ3) is 3.30. The van der Waals surface area contributed by atoms with Crippen LogP contribution in [-0.4, -0.2) is 32.8 Å². The van der Waals surface area contributed by atoms with Crippen molar-refractivity contribution in [3.63, 3.8) is 0 Å². The summed E-state index contributed by atoms with van der Waals surface area (Å²) in [6.07, 6.45) is 8.41. The van der Waals surface area contributed by atoms with Crippen molar-refractivity contribution in [3.8, 4) is 5.69 Å². The van der Waals surface area contributed by atoms with Gasteiger partial charge in [-0.1, -0.05) is 20.4 Å². The summed E-state index contributed by atoms with van der Waals surface area (Å²) in [7, 11) is 0. The SMILES string of the molecule is C=C1c2nn(-c3ccc(N4CCCC4)nc3)cc2CN1c1cnc(C)s1.CC.